The molecule has 0 saturated carbocycles. The van der Waals surface area contributed by atoms with Crippen molar-refractivity contribution in [3.05, 3.63) is 91.1 Å². The van der Waals surface area contributed by atoms with E-state index in [1.165, 1.54) is 0 Å². The van der Waals surface area contributed by atoms with Crippen LogP contribution in [0.3, 0.4) is 0 Å². The first-order valence-electron chi connectivity index (χ1n) is 9.94. The first kappa shape index (κ1) is 23.9. The maximum Gasteiger partial charge on any atom is 0.207 e. The molecule has 0 N–H and O–H groups in total. The Kier molecular flexibility index (Phi) is 6.61. The molecule has 4 nitrogen and oxygen atoms in total. The van der Waals surface area contributed by atoms with Crippen LogP contribution >= 0.6 is 45.2 Å². The predicted octanol–water partition coefficient (Wildman–Crippen LogP) is 6.22. The van der Waals surface area contributed by atoms with E-state index in [9.17, 15) is 16.8 Å². The minimum absolute atomic E-state index is 0.128. The van der Waals surface area contributed by atoms with Crippen LogP contribution < -0.4 is 0 Å². The van der Waals surface area contributed by atoms with Crippen molar-refractivity contribution in [3.63, 3.8) is 0 Å². The van der Waals surface area contributed by atoms with E-state index in [1.807, 2.05) is 6.92 Å². The van der Waals surface area contributed by atoms with Crippen LogP contribution in [0.5, 0.6) is 0 Å². The number of benzene rings is 3. The van der Waals surface area contributed by atoms with Crippen LogP contribution in [0.1, 0.15) is 30.9 Å². The molecule has 0 aliphatic heterocycles. The van der Waals surface area contributed by atoms with Crippen LogP contribution in [0.2, 0.25) is 0 Å². The summed E-state index contributed by atoms with van der Waals surface area (Å²) < 4.78 is 55.4. The fourth-order valence-electron chi connectivity index (χ4n) is 4.18. The lowest BCUT2D eigenvalue weighted by molar-refractivity contribution is 0.504. The lowest BCUT2D eigenvalue weighted by atomic mass is 9.84. The van der Waals surface area contributed by atoms with Crippen molar-refractivity contribution in [1.29, 1.82) is 0 Å². The van der Waals surface area contributed by atoms with E-state index in [-0.39, 0.29) is 21.1 Å². The maximum atomic E-state index is 13.9. The molecular weight excluding hydrogens is 670 g/mol. The number of fused-ring (bicyclic) bond motifs is 1. The SMILES string of the molecule is CCC1(S(=O)(=O)c2ccc(I)cc2)CC=Cc2c1cccc2S(=O)(=O)c1ccc(I)cc1. The van der Waals surface area contributed by atoms with Gasteiger partial charge in [-0.15, -0.1) is 0 Å². The Morgan fingerprint density at radius 2 is 1.38 bits per heavy atom. The molecule has 0 bridgehead atoms. The topological polar surface area (TPSA) is 68.3 Å². The molecule has 3 aromatic rings. The first-order chi connectivity index (χ1) is 15.1. The van der Waals surface area contributed by atoms with Gasteiger partial charge in [0.25, 0.3) is 0 Å². The molecule has 0 aromatic heterocycles. The Morgan fingerprint density at radius 1 is 0.812 bits per heavy atom. The quantitative estimate of drug-likeness (QED) is 0.298. The van der Waals surface area contributed by atoms with Crippen molar-refractivity contribution in [2.75, 3.05) is 0 Å². The van der Waals surface area contributed by atoms with E-state index in [1.54, 1.807) is 78.9 Å². The van der Waals surface area contributed by atoms with Crippen molar-refractivity contribution in [2.24, 2.45) is 0 Å². The van der Waals surface area contributed by atoms with Crippen LogP contribution in [0.25, 0.3) is 6.08 Å². The minimum atomic E-state index is -3.82. The summed E-state index contributed by atoms with van der Waals surface area (Å²) in [6.45, 7) is 1.84. The summed E-state index contributed by atoms with van der Waals surface area (Å²) in [5.74, 6) is 0. The van der Waals surface area contributed by atoms with E-state index >= 15 is 0 Å². The summed E-state index contributed by atoms with van der Waals surface area (Å²) in [6.07, 6.45) is 4.14. The zero-order valence-electron chi connectivity index (χ0n) is 17.1. The molecule has 4 rings (SSSR count). The third-order valence-electron chi connectivity index (χ3n) is 5.91. The zero-order chi connectivity index (χ0) is 23.1. The van der Waals surface area contributed by atoms with Crippen molar-refractivity contribution in [1.82, 2.24) is 0 Å². The number of rotatable bonds is 5. The van der Waals surface area contributed by atoms with Gasteiger partial charge in [-0.3, -0.25) is 0 Å². The number of hydrogen-bond acceptors (Lipinski definition) is 4. The molecule has 0 fully saturated rings. The number of hydrogen-bond donors (Lipinski definition) is 0. The summed E-state index contributed by atoms with van der Waals surface area (Å²) in [4.78, 5) is 0.558. The summed E-state index contributed by atoms with van der Waals surface area (Å²) in [5.41, 5.74) is 0.987. The van der Waals surface area contributed by atoms with Gasteiger partial charge in [-0.1, -0.05) is 31.2 Å². The van der Waals surface area contributed by atoms with Gasteiger partial charge in [0.2, 0.25) is 9.84 Å². The molecule has 0 amide bonds. The van der Waals surface area contributed by atoms with Gasteiger partial charge in [0, 0.05) is 7.14 Å². The molecule has 1 aliphatic carbocycles. The second-order valence-corrected chi connectivity index (χ2v) is 14.3. The third-order valence-corrected chi connectivity index (χ3v) is 11.8. The third kappa shape index (κ3) is 3.86. The van der Waals surface area contributed by atoms with Gasteiger partial charge in [0.05, 0.1) is 14.7 Å². The minimum Gasteiger partial charge on any atom is -0.223 e. The van der Waals surface area contributed by atoms with Gasteiger partial charge in [-0.2, -0.15) is 0 Å². The Hall–Kier alpha value is -1.24. The van der Waals surface area contributed by atoms with Gasteiger partial charge in [0.15, 0.2) is 9.84 Å². The van der Waals surface area contributed by atoms with E-state index in [0.717, 1.165) is 7.14 Å². The molecule has 0 spiro atoms. The monoisotopic (exact) mass is 690 g/mol. The van der Waals surface area contributed by atoms with Crippen molar-refractivity contribution in [2.45, 2.75) is 39.2 Å². The smallest absolute Gasteiger partial charge is 0.207 e. The van der Waals surface area contributed by atoms with Crippen LogP contribution in [0, 0.1) is 7.14 Å². The predicted molar refractivity (Wildman–Crippen MR) is 143 cm³/mol. The van der Waals surface area contributed by atoms with Crippen LogP contribution in [0.15, 0.2) is 87.5 Å². The van der Waals surface area contributed by atoms with E-state index < -0.39 is 24.4 Å². The van der Waals surface area contributed by atoms with Crippen LogP contribution in [0.4, 0.5) is 0 Å². The van der Waals surface area contributed by atoms with Gasteiger partial charge >= 0.3 is 0 Å². The molecule has 166 valence electrons. The van der Waals surface area contributed by atoms with Crippen molar-refractivity contribution in [3.8, 4) is 0 Å². The summed E-state index contributed by atoms with van der Waals surface area (Å²) >= 11 is 4.27. The van der Waals surface area contributed by atoms with Gasteiger partial charge in [0.1, 0.15) is 4.75 Å². The lowest BCUT2D eigenvalue weighted by Gasteiger charge is -2.36. The van der Waals surface area contributed by atoms with Gasteiger partial charge in [-0.05, 0) is 124 Å². The summed E-state index contributed by atoms with van der Waals surface area (Å²) in [7, 11) is -7.61. The highest BCUT2D eigenvalue weighted by atomic mass is 127. The summed E-state index contributed by atoms with van der Waals surface area (Å²) in [6, 6.07) is 18.4. The van der Waals surface area contributed by atoms with E-state index in [0.29, 0.717) is 17.5 Å². The highest BCUT2D eigenvalue weighted by Crippen LogP contribution is 2.47. The highest BCUT2D eigenvalue weighted by Gasteiger charge is 2.47. The Bertz CT molecular complexity index is 1410. The average molecular weight is 690 g/mol. The van der Waals surface area contributed by atoms with Crippen LogP contribution in [-0.4, -0.2) is 16.8 Å². The lowest BCUT2D eigenvalue weighted by Crippen LogP contribution is -2.37. The molecule has 0 heterocycles. The van der Waals surface area contributed by atoms with Gasteiger partial charge in [-0.25, -0.2) is 16.8 Å². The van der Waals surface area contributed by atoms with Gasteiger partial charge < -0.3 is 0 Å². The Labute approximate surface area is 216 Å². The standard InChI is InChI=1S/C24H20I2O4S2/c1-2-24(32(29,30)20-14-10-18(26)11-15-20)16-4-5-21-22(24)6-3-7-23(21)31(27,28)19-12-8-17(25)9-13-19/h3-15H,2,16H2,1H3. The molecule has 0 radical (unpaired) electrons. The highest BCUT2D eigenvalue weighted by molar-refractivity contribution is 14.1. The fraction of sp³-hybridized carbons (Fsp3) is 0.167. The largest absolute Gasteiger partial charge is 0.223 e. The Morgan fingerprint density at radius 3 is 1.94 bits per heavy atom. The second kappa shape index (κ2) is 8.84. The fourth-order valence-corrected chi connectivity index (χ4v) is 8.49. The van der Waals surface area contributed by atoms with E-state index in [2.05, 4.69) is 45.2 Å². The maximum absolute atomic E-state index is 13.9. The molecule has 1 unspecified atom stereocenters. The molecule has 1 aliphatic rings. The normalized spacial score (nSPS) is 18.3. The Balaban J connectivity index is 1.94. The average Bonchev–Trinajstić information content (AvgIpc) is 2.78. The zero-order valence-corrected chi connectivity index (χ0v) is 23.1. The first-order valence-corrected chi connectivity index (χ1v) is 15.1. The number of allylic oxidation sites excluding steroid dienone is 1. The summed E-state index contributed by atoms with van der Waals surface area (Å²) in [5, 5.41) is 0. The molecule has 8 heteroatoms. The van der Waals surface area contributed by atoms with E-state index in [4.69, 9.17) is 0 Å². The molecular formula is C24H20I2O4S2. The molecule has 0 saturated heterocycles. The van der Waals surface area contributed by atoms with Crippen molar-refractivity contribution >= 4 is 70.9 Å². The molecule has 1 atom stereocenters. The van der Waals surface area contributed by atoms with Crippen LogP contribution in [-0.2, 0) is 24.4 Å². The number of halogens is 2. The second-order valence-electron chi connectivity index (χ2n) is 7.59. The van der Waals surface area contributed by atoms with Crippen molar-refractivity contribution < 1.29 is 16.8 Å². The molecule has 3 aromatic carbocycles. The molecule has 32 heavy (non-hydrogen) atoms. The number of sulfone groups is 2.